The maximum absolute atomic E-state index is 13.3. The van der Waals surface area contributed by atoms with E-state index in [1.54, 1.807) is 33.5 Å². The Kier molecular flexibility index (Phi) is 6.51. The number of imidazole rings is 1. The van der Waals surface area contributed by atoms with Gasteiger partial charge in [-0.1, -0.05) is 42.1 Å². The van der Waals surface area contributed by atoms with Gasteiger partial charge in [-0.3, -0.25) is 14.2 Å². The summed E-state index contributed by atoms with van der Waals surface area (Å²) in [6.07, 6.45) is 5.14. The van der Waals surface area contributed by atoms with E-state index < -0.39 is 0 Å². The van der Waals surface area contributed by atoms with Gasteiger partial charge in [0.2, 0.25) is 0 Å². The minimum atomic E-state index is -0.342. The zero-order valence-electron chi connectivity index (χ0n) is 17.4. The van der Waals surface area contributed by atoms with Gasteiger partial charge in [-0.2, -0.15) is 0 Å². The smallest absolute Gasteiger partial charge is 0.270 e. The van der Waals surface area contributed by atoms with E-state index in [2.05, 4.69) is 10.3 Å². The molecule has 0 spiro atoms. The van der Waals surface area contributed by atoms with Crippen molar-refractivity contribution in [3.8, 4) is 5.69 Å². The average molecular weight is 449 g/mol. The molecule has 2 heterocycles. The normalized spacial score (nSPS) is 10.8. The van der Waals surface area contributed by atoms with Crippen LogP contribution in [0.4, 0.5) is 4.39 Å². The third kappa shape index (κ3) is 4.81. The van der Waals surface area contributed by atoms with Crippen LogP contribution in [0.3, 0.4) is 0 Å². The molecule has 6 nitrogen and oxygen atoms in total. The summed E-state index contributed by atoms with van der Waals surface area (Å²) < 4.78 is 16.7. The molecule has 0 fully saturated rings. The predicted molar refractivity (Wildman–Crippen MR) is 123 cm³/mol. The van der Waals surface area contributed by atoms with Crippen LogP contribution in [-0.4, -0.2) is 26.3 Å². The van der Waals surface area contributed by atoms with Crippen LogP contribution < -0.4 is 10.9 Å². The number of nitrogens with zero attached hydrogens (tertiary/aromatic N) is 3. The van der Waals surface area contributed by atoms with Crippen LogP contribution in [0.1, 0.15) is 21.6 Å². The van der Waals surface area contributed by atoms with Crippen molar-refractivity contribution in [2.45, 2.75) is 18.2 Å². The molecular weight excluding hydrogens is 427 g/mol. The summed E-state index contributed by atoms with van der Waals surface area (Å²) in [6.45, 7) is 0.828. The molecule has 1 amide bonds. The first-order valence-electron chi connectivity index (χ1n) is 9.94. The van der Waals surface area contributed by atoms with Gasteiger partial charge in [0.1, 0.15) is 11.5 Å². The molecule has 2 aromatic heterocycles. The lowest BCUT2D eigenvalue weighted by atomic mass is 10.1. The number of carbonyl (C=O) groups is 1. The van der Waals surface area contributed by atoms with Gasteiger partial charge in [0, 0.05) is 24.5 Å². The average Bonchev–Trinajstić information content (AvgIpc) is 3.25. The molecule has 32 heavy (non-hydrogen) atoms. The van der Waals surface area contributed by atoms with Crippen LogP contribution in [0.15, 0.2) is 89.1 Å². The summed E-state index contributed by atoms with van der Waals surface area (Å²) in [7, 11) is 0. The Bertz CT molecular complexity index is 1280. The second-order valence-electron chi connectivity index (χ2n) is 7.11. The lowest BCUT2D eigenvalue weighted by Crippen LogP contribution is -2.25. The molecule has 0 bridgehead atoms. The van der Waals surface area contributed by atoms with E-state index in [-0.39, 0.29) is 17.3 Å². The number of pyridine rings is 1. The van der Waals surface area contributed by atoms with Crippen molar-refractivity contribution in [1.82, 2.24) is 19.4 Å². The Hall–Kier alpha value is -3.65. The first-order chi connectivity index (χ1) is 15.5. The number of benzene rings is 2. The highest BCUT2D eigenvalue weighted by molar-refractivity contribution is 7.98. The number of carbonyl (C=O) groups excluding carboxylic acids is 1. The molecule has 4 rings (SSSR count). The molecule has 0 aliphatic heterocycles. The SMILES string of the molecule is CSc1ncc(C(=O)NCc2ccc(Cn3ccccc3=O)cc2)n1-c1ccc(F)cc1. The molecule has 0 aliphatic carbocycles. The van der Waals surface area contributed by atoms with Gasteiger partial charge < -0.3 is 9.88 Å². The number of hydrogen-bond donors (Lipinski definition) is 1. The first-order valence-corrected chi connectivity index (χ1v) is 11.2. The van der Waals surface area contributed by atoms with Crippen molar-refractivity contribution >= 4 is 17.7 Å². The van der Waals surface area contributed by atoms with E-state index in [4.69, 9.17) is 0 Å². The molecule has 0 saturated carbocycles. The molecule has 162 valence electrons. The third-order valence-electron chi connectivity index (χ3n) is 4.96. The second kappa shape index (κ2) is 9.65. The minimum absolute atomic E-state index is 0.0498. The number of hydrogen-bond acceptors (Lipinski definition) is 4. The molecule has 0 unspecified atom stereocenters. The standard InChI is InChI=1S/C24H21FN4O2S/c1-32-24-27-15-21(29(24)20-11-9-19(25)10-12-20)23(31)26-14-17-5-7-18(8-6-17)16-28-13-3-2-4-22(28)30/h2-13,15H,14,16H2,1H3,(H,26,31). The van der Waals surface area contributed by atoms with Crippen LogP contribution in [0, 0.1) is 5.82 Å². The highest BCUT2D eigenvalue weighted by atomic mass is 32.2. The maximum Gasteiger partial charge on any atom is 0.270 e. The van der Waals surface area contributed by atoms with Gasteiger partial charge in [0.25, 0.3) is 11.5 Å². The van der Waals surface area contributed by atoms with E-state index in [1.165, 1.54) is 36.2 Å². The molecule has 0 aliphatic rings. The Labute approximate surface area is 188 Å². The van der Waals surface area contributed by atoms with Crippen LogP contribution in [0.25, 0.3) is 5.69 Å². The van der Waals surface area contributed by atoms with E-state index in [9.17, 15) is 14.0 Å². The largest absolute Gasteiger partial charge is 0.347 e. The van der Waals surface area contributed by atoms with Gasteiger partial charge >= 0.3 is 0 Å². The Balaban J connectivity index is 1.45. The van der Waals surface area contributed by atoms with Crippen LogP contribution in [-0.2, 0) is 13.1 Å². The lowest BCUT2D eigenvalue weighted by Gasteiger charge is -2.12. The molecular formula is C24H21FN4O2S. The number of thioether (sulfide) groups is 1. The van der Waals surface area contributed by atoms with Crippen molar-refractivity contribution in [3.63, 3.8) is 0 Å². The van der Waals surface area contributed by atoms with E-state index in [1.807, 2.05) is 36.6 Å². The lowest BCUT2D eigenvalue weighted by molar-refractivity contribution is 0.0943. The van der Waals surface area contributed by atoms with Gasteiger partial charge in [-0.15, -0.1) is 0 Å². The number of nitrogens with one attached hydrogen (secondary N) is 1. The number of aromatic nitrogens is 3. The number of amides is 1. The minimum Gasteiger partial charge on any atom is -0.347 e. The summed E-state index contributed by atoms with van der Waals surface area (Å²) in [5.41, 5.74) is 2.92. The molecule has 0 atom stereocenters. The monoisotopic (exact) mass is 448 g/mol. The van der Waals surface area contributed by atoms with Crippen molar-refractivity contribution < 1.29 is 9.18 Å². The molecule has 1 N–H and O–H groups in total. The number of halogens is 1. The topological polar surface area (TPSA) is 68.9 Å². The first kappa shape index (κ1) is 21.6. The van der Waals surface area contributed by atoms with Crippen molar-refractivity contribution in [1.29, 1.82) is 0 Å². The fourth-order valence-corrected chi connectivity index (χ4v) is 3.85. The van der Waals surface area contributed by atoms with E-state index in [0.29, 0.717) is 29.6 Å². The highest BCUT2D eigenvalue weighted by Gasteiger charge is 2.17. The summed E-state index contributed by atoms with van der Waals surface area (Å²) in [5, 5.41) is 3.56. The maximum atomic E-state index is 13.3. The Morgan fingerprint density at radius 3 is 2.44 bits per heavy atom. The summed E-state index contributed by atoms with van der Waals surface area (Å²) in [4.78, 5) is 29.0. The van der Waals surface area contributed by atoms with Gasteiger partial charge in [-0.25, -0.2) is 9.37 Å². The quantitative estimate of drug-likeness (QED) is 0.436. The zero-order valence-corrected chi connectivity index (χ0v) is 18.2. The molecule has 0 radical (unpaired) electrons. The third-order valence-corrected chi connectivity index (χ3v) is 5.61. The van der Waals surface area contributed by atoms with Crippen molar-refractivity contribution in [2.24, 2.45) is 0 Å². The van der Waals surface area contributed by atoms with Gasteiger partial charge in [-0.05, 0) is 47.7 Å². The summed E-state index contributed by atoms with van der Waals surface area (Å²) >= 11 is 1.40. The Morgan fingerprint density at radius 1 is 1.03 bits per heavy atom. The van der Waals surface area contributed by atoms with Crippen LogP contribution >= 0.6 is 11.8 Å². The molecule has 8 heteroatoms. The van der Waals surface area contributed by atoms with Crippen LogP contribution in [0.2, 0.25) is 0 Å². The summed E-state index contributed by atoms with van der Waals surface area (Å²) in [5.74, 6) is -0.617. The fraction of sp³-hybridized carbons (Fsp3) is 0.125. The van der Waals surface area contributed by atoms with Gasteiger partial charge in [0.15, 0.2) is 5.16 Å². The molecule has 4 aromatic rings. The second-order valence-corrected chi connectivity index (χ2v) is 7.88. The molecule has 2 aromatic carbocycles. The van der Waals surface area contributed by atoms with Gasteiger partial charge in [0.05, 0.1) is 12.7 Å². The highest BCUT2D eigenvalue weighted by Crippen LogP contribution is 2.22. The van der Waals surface area contributed by atoms with Crippen molar-refractivity contribution in [2.75, 3.05) is 6.26 Å². The Morgan fingerprint density at radius 2 is 1.75 bits per heavy atom. The number of rotatable bonds is 7. The van der Waals surface area contributed by atoms with E-state index in [0.717, 1.165) is 11.1 Å². The fourth-order valence-electron chi connectivity index (χ4n) is 3.30. The predicted octanol–water partition coefficient (Wildman–Crippen LogP) is 3.87. The zero-order chi connectivity index (χ0) is 22.5. The van der Waals surface area contributed by atoms with Crippen molar-refractivity contribution in [3.05, 3.63) is 112 Å². The van der Waals surface area contributed by atoms with E-state index >= 15 is 0 Å². The van der Waals surface area contributed by atoms with Crippen LogP contribution in [0.5, 0.6) is 0 Å². The summed E-state index contributed by atoms with van der Waals surface area (Å²) in [6, 6.07) is 18.7. The molecule has 0 saturated heterocycles.